The SMILES string of the molecule is C[C@@H]1CN(c2nc(OC[C@@]34CCCN3C[C@H](F)C4)nc3c(F)c(-c4ccc(F)c5sc(N)c(C#N)c45)c(C#N)cc23)[C@@H](C)CN1. The van der Waals surface area contributed by atoms with Crippen LogP contribution < -0.4 is 20.7 Å². The van der Waals surface area contributed by atoms with Gasteiger partial charge < -0.3 is 20.7 Å². The number of nitrogens with two attached hydrogens (primary N) is 1. The van der Waals surface area contributed by atoms with Crippen LogP contribution in [0.5, 0.6) is 6.01 Å². The van der Waals surface area contributed by atoms with Crippen LogP contribution in [-0.2, 0) is 0 Å². The summed E-state index contributed by atoms with van der Waals surface area (Å²) in [7, 11) is 0. The average molecular weight is 633 g/mol. The van der Waals surface area contributed by atoms with E-state index in [4.69, 9.17) is 15.5 Å². The van der Waals surface area contributed by atoms with Crippen molar-refractivity contribution < 1.29 is 17.9 Å². The molecule has 0 saturated carbocycles. The van der Waals surface area contributed by atoms with Crippen molar-refractivity contribution in [2.45, 2.75) is 56.9 Å². The average Bonchev–Trinajstić information content (AvgIpc) is 3.67. The quantitative estimate of drug-likeness (QED) is 0.303. The molecule has 3 aliphatic rings. The number of halogens is 3. The molecule has 45 heavy (non-hydrogen) atoms. The van der Waals surface area contributed by atoms with Gasteiger partial charge in [-0.15, -0.1) is 11.3 Å². The molecule has 3 saturated heterocycles. The first kappa shape index (κ1) is 29.5. The van der Waals surface area contributed by atoms with E-state index in [2.05, 4.69) is 26.2 Å². The Morgan fingerprint density at radius 1 is 1.20 bits per heavy atom. The molecular weight excluding hydrogens is 601 g/mol. The lowest BCUT2D eigenvalue weighted by Crippen LogP contribution is -2.54. The summed E-state index contributed by atoms with van der Waals surface area (Å²) in [5.74, 6) is -0.994. The van der Waals surface area contributed by atoms with Crippen LogP contribution in [0, 0.1) is 34.3 Å². The standard InChI is InChI=1S/C32H31F3N8OS/c1-16-13-43(17(2)12-39-16)30-21-8-18(10-36)24(20-4-5-23(34)28-25(20)22(11-37)29(38)45-28)26(35)27(21)40-31(41-30)44-15-32-6-3-7-42(32)14-19(33)9-32/h4-5,8,16-17,19,39H,3,6-7,9,12-15,38H2,1-2H3/t16-,17+,19-,32+/m1/s1. The van der Waals surface area contributed by atoms with Gasteiger partial charge in [0.2, 0.25) is 0 Å². The van der Waals surface area contributed by atoms with Crippen molar-refractivity contribution in [2.24, 2.45) is 0 Å². The Morgan fingerprint density at radius 3 is 2.80 bits per heavy atom. The molecule has 5 heterocycles. The summed E-state index contributed by atoms with van der Waals surface area (Å²) < 4.78 is 52.6. The van der Waals surface area contributed by atoms with Gasteiger partial charge >= 0.3 is 6.01 Å². The molecule has 3 N–H and O–H groups in total. The number of piperazine rings is 1. The number of rotatable bonds is 5. The lowest BCUT2D eigenvalue weighted by Gasteiger charge is -2.39. The molecule has 2 aromatic heterocycles. The monoisotopic (exact) mass is 632 g/mol. The number of nitrogens with zero attached hydrogens (tertiary/aromatic N) is 6. The Morgan fingerprint density at radius 2 is 2.02 bits per heavy atom. The van der Waals surface area contributed by atoms with Crippen LogP contribution in [-0.4, -0.2) is 71.4 Å². The van der Waals surface area contributed by atoms with E-state index < -0.39 is 23.3 Å². The van der Waals surface area contributed by atoms with E-state index in [1.165, 1.54) is 12.1 Å². The number of nitriles is 2. The highest BCUT2D eigenvalue weighted by molar-refractivity contribution is 7.23. The molecule has 4 atom stereocenters. The third kappa shape index (κ3) is 4.73. The van der Waals surface area contributed by atoms with Gasteiger partial charge in [0.15, 0.2) is 5.82 Å². The van der Waals surface area contributed by atoms with Gasteiger partial charge in [-0.2, -0.15) is 20.5 Å². The smallest absolute Gasteiger partial charge is 0.319 e. The maximum Gasteiger partial charge on any atom is 0.319 e. The zero-order chi connectivity index (χ0) is 31.6. The molecule has 4 aromatic rings. The van der Waals surface area contributed by atoms with Gasteiger partial charge in [-0.05, 0) is 50.9 Å². The van der Waals surface area contributed by atoms with Crippen molar-refractivity contribution in [1.29, 1.82) is 10.5 Å². The molecule has 0 bridgehead atoms. The Labute approximate surface area is 262 Å². The lowest BCUT2D eigenvalue weighted by atomic mass is 9.93. The van der Waals surface area contributed by atoms with Crippen molar-refractivity contribution in [2.75, 3.05) is 43.4 Å². The Kier molecular flexibility index (Phi) is 7.23. The van der Waals surface area contributed by atoms with Gasteiger partial charge in [-0.25, -0.2) is 13.2 Å². The van der Waals surface area contributed by atoms with Crippen molar-refractivity contribution in [3.05, 3.63) is 41.0 Å². The van der Waals surface area contributed by atoms with E-state index in [1.54, 1.807) is 6.07 Å². The normalized spacial score (nSPS) is 25.0. The minimum absolute atomic E-state index is 0.0173. The van der Waals surface area contributed by atoms with E-state index in [0.717, 1.165) is 30.7 Å². The molecule has 9 nitrogen and oxygen atoms in total. The second kappa shape index (κ2) is 11.0. The van der Waals surface area contributed by atoms with Crippen LogP contribution in [0.4, 0.5) is 24.0 Å². The van der Waals surface area contributed by atoms with Crippen LogP contribution in [0.15, 0.2) is 18.2 Å². The number of hydrogen-bond acceptors (Lipinski definition) is 10. The molecule has 232 valence electrons. The first-order valence-electron chi connectivity index (χ1n) is 15.0. The minimum atomic E-state index is -0.938. The molecule has 0 aliphatic carbocycles. The number of nitrogen functional groups attached to an aromatic ring is 1. The van der Waals surface area contributed by atoms with Crippen molar-refractivity contribution >= 4 is 43.1 Å². The fraction of sp³-hybridized carbons (Fsp3) is 0.438. The summed E-state index contributed by atoms with van der Waals surface area (Å²) >= 11 is 0.898. The van der Waals surface area contributed by atoms with E-state index in [0.29, 0.717) is 37.3 Å². The third-order valence-electron chi connectivity index (χ3n) is 9.48. The predicted molar refractivity (Wildman–Crippen MR) is 167 cm³/mol. The van der Waals surface area contributed by atoms with E-state index in [9.17, 15) is 19.3 Å². The summed E-state index contributed by atoms with van der Waals surface area (Å²) in [5.41, 5.74) is 5.57. The summed E-state index contributed by atoms with van der Waals surface area (Å²) in [6.45, 7) is 6.61. The first-order valence-corrected chi connectivity index (χ1v) is 15.8. The fourth-order valence-corrected chi connectivity index (χ4v) is 8.25. The number of alkyl halides is 1. The highest BCUT2D eigenvalue weighted by Gasteiger charge is 2.49. The second-order valence-electron chi connectivity index (χ2n) is 12.4. The van der Waals surface area contributed by atoms with Gasteiger partial charge in [0.1, 0.15) is 41.0 Å². The number of aromatic nitrogens is 2. The number of ether oxygens (including phenoxy) is 1. The molecule has 7 rings (SSSR count). The van der Waals surface area contributed by atoms with Gasteiger partial charge in [-0.1, -0.05) is 6.07 Å². The first-order chi connectivity index (χ1) is 21.6. The Balaban J connectivity index is 1.44. The Bertz CT molecular complexity index is 1940. The molecule has 0 amide bonds. The summed E-state index contributed by atoms with van der Waals surface area (Å²) in [6, 6.07) is 8.24. The number of fused-ring (bicyclic) bond motifs is 3. The lowest BCUT2D eigenvalue weighted by molar-refractivity contribution is 0.107. The summed E-state index contributed by atoms with van der Waals surface area (Å²) in [6.07, 6.45) is 1.15. The highest BCUT2D eigenvalue weighted by Crippen LogP contribution is 2.45. The van der Waals surface area contributed by atoms with Crippen molar-refractivity contribution in [3.8, 4) is 29.3 Å². The number of nitrogens with one attached hydrogen (secondary N) is 1. The number of benzene rings is 2. The zero-order valence-electron chi connectivity index (χ0n) is 24.8. The maximum atomic E-state index is 17.0. The molecule has 13 heteroatoms. The predicted octanol–water partition coefficient (Wildman–Crippen LogP) is 5.26. The third-order valence-corrected chi connectivity index (χ3v) is 10.5. The zero-order valence-corrected chi connectivity index (χ0v) is 25.6. The van der Waals surface area contributed by atoms with Crippen LogP contribution in [0.2, 0.25) is 0 Å². The molecule has 2 aromatic carbocycles. The Hall–Kier alpha value is -4.17. The number of anilines is 2. The highest BCUT2D eigenvalue weighted by atomic mass is 32.1. The summed E-state index contributed by atoms with van der Waals surface area (Å²) in [5, 5.41) is 24.1. The van der Waals surface area contributed by atoms with Crippen molar-refractivity contribution in [1.82, 2.24) is 20.2 Å². The van der Waals surface area contributed by atoms with Gasteiger partial charge in [0.25, 0.3) is 0 Å². The molecule has 0 unspecified atom stereocenters. The van der Waals surface area contributed by atoms with E-state index >= 15 is 4.39 Å². The van der Waals surface area contributed by atoms with Crippen LogP contribution in [0.25, 0.3) is 32.1 Å². The summed E-state index contributed by atoms with van der Waals surface area (Å²) in [4.78, 5) is 13.5. The van der Waals surface area contributed by atoms with Crippen molar-refractivity contribution in [3.63, 3.8) is 0 Å². The molecule has 0 radical (unpaired) electrons. The van der Waals surface area contributed by atoms with Gasteiger partial charge in [0, 0.05) is 54.5 Å². The molecule has 0 spiro atoms. The van der Waals surface area contributed by atoms with E-state index in [1.807, 2.05) is 19.9 Å². The van der Waals surface area contributed by atoms with Crippen LogP contribution >= 0.6 is 11.3 Å². The molecule has 3 aliphatic heterocycles. The molecule has 3 fully saturated rings. The largest absolute Gasteiger partial charge is 0.461 e. The van der Waals surface area contributed by atoms with Crippen LogP contribution in [0.1, 0.15) is 44.2 Å². The number of hydrogen-bond donors (Lipinski definition) is 2. The van der Waals surface area contributed by atoms with Gasteiger partial charge in [-0.3, -0.25) is 4.90 Å². The minimum Gasteiger partial charge on any atom is -0.461 e. The maximum absolute atomic E-state index is 17.0. The molecular formula is C32H31F3N8OS. The second-order valence-corrected chi connectivity index (χ2v) is 13.4. The van der Waals surface area contributed by atoms with Gasteiger partial charge in [0.05, 0.1) is 27.4 Å². The van der Waals surface area contributed by atoms with Crippen LogP contribution in [0.3, 0.4) is 0 Å². The van der Waals surface area contributed by atoms with E-state index in [-0.39, 0.29) is 67.6 Å². The fourth-order valence-electron chi connectivity index (χ4n) is 7.30. The number of thiophene rings is 1. The topological polar surface area (TPSA) is 127 Å².